The third-order valence-electron chi connectivity index (χ3n) is 4.98. The van der Waals surface area contributed by atoms with Crippen molar-refractivity contribution in [2.45, 2.75) is 38.8 Å². The molecule has 6 heteroatoms. The van der Waals surface area contributed by atoms with Crippen molar-refractivity contribution in [3.05, 3.63) is 35.7 Å². The molecular formula is C17H27N5O. The molecule has 1 aliphatic heterocycles. The fourth-order valence-corrected chi connectivity index (χ4v) is 3.42. The number of hydrogen-bond donors (Lipinski definition) is 1. The predicted octanol–water partition coefficient (Wildman–Crippen LogP) is 1.66. The number of aliphatic hydroxyl groups is 1. The second-order valence-corrected chi connectivity index (χ2v) is 6.56. The average molecular weight is 317 g/mol. The largest absolute Gasteiger partial charge is 0.385 e. The molecule has 23 heavy (non-hydrogen) atoms. The van der Waals surface area contributed by atoms with E-state index in [1.165, 1.54) is 5.69 Å². The number of aliphatic hydroxyl groups excluding tert-OH is 1. The monoisotopic (exact) mass is 317 g/mol. The van der Waals surface area contributed by atoms with E-state index in [2.05, 4.69) is 28.0 Å². The molecular weight excluding hydrogens is 290 g/mol. The minimum absolute atomic E-state index is 0.296. The van der Waals surface area contributed by atoms with Crippen molar-refractivity contribution < 1.29 is 5.11 Å². The average Bonchev–Trinajstić information content (AvgIpc) is 3.13. The van der Waals surface area contributed by atoms with Crippen molar-refractivity contribution in [3.8, 4) is 0 Å². The zero-order valence-electron chi connectivity index (χ0n) is 14.3. The van der Waals surface area contributed by atoms with Gasteiger partial charge in [0.1, 0.15) is 11.9 Å². The van der Waals surface area contributed by atoms with E-state index in [4.69, 9.17) is 0 Å². The van der Waals surface area contributed by atoms with Gasteiger partial charge in [0.2, 0.25) is 0 Å². The van der Waals surface area contributed by atoms with Gasteiger partial charge in [0, 0.05) is 33.0 Å². The van der Waals surface area contributed by atoms with Crippen molar-refractivity contribution in [2.24, 2.45) is 20.0 Å². The van der Waals surface area contributed by atoms with Gasteiger partial charge in [-0.3, -0.25) is 9.58 Å². The molecule has 0 bridgehead atoms. The van der Waals surface area contributed by atoms with Crippen LogP contribution in [0.4, 0.5) is 0 Å². The summed E-state index contributed by atoms with van der Waals surface area (Å²) in [6, 6.07) is 2.20. The molecule has 0 saturated carbocycles. The quantitative estimate of drug-likeness (QED) is 0.911. The van der Waals surface area contributed by atoms with Crippen LogP contribution >= 0.6 is 0 Å². The second-order valence-electron chi connectivity index (χ2n) is 6.56. The van der Waals surface area contributed by atoms with Gasteiger partial charge in [0.25, 0.3) is 0 Å². The lowest BCUT2D eigenvalue weighted by atomic mass is 9.90. The van der Waals surface area contributed by atoms with Crippen LogP contribution in [-0.4, -0.2) is 42.4 Å². The molecule has 1 saturated heterocycles. The summed E-state index contributed by atoms with van der Waals surface area (Å²) in [6.45, 7) is 5.10. The van der Waals surface area contributed by atoms with Crippen LogP contribution in [0.25, 0.3) is 0 Å². The van der Waals surface area contributed by atoms with E-state index in [0.29, 0.717) is 5.92 Å². The summed E-state index contributed by atoms with van der Waals surface area (Å²) in [4.78, 5) is 6.75. The fourth-order valence-electron chi connectivity index (χ4n) is 3.42. The molecule has 2 aromatic rings. The molecule has 0 aromatic carbocycles. The molecule has 3 rings (SSSR count). The second kappa shape index (κ2) is 6.84. The maximum Gasteiger partial charge on any atom is 0.137 e. The number of rotatable bonds is 5. The Balaban J connectivity index is 1.56. The Kier molecular flexibility index (Phi) is 4.82. The highest BCUT2D eigenvalue weighted by molar-refractivity contribution is 5.10. The third kappa shape index (κ3) is 3.48. The Labute approximate surface area is 137 Å². The van der Waals surface area contributed by atoms with Gasteiger partial charge >= 0.3 is 0 Å². The van der Waals surface area contributed by atoms with Crippen LogP contribution in [0.5, 0.6) is 0 Å². The lowest BCUT2D eigenvalue weighted by Gasteiger charge is -2.33. The molecule has 1 N–H and O–H groups in total. The summed E-state index contributed by atoms with van der Waals surface area (Å²) in [5, 5.41) is 15.1. The van der Waals surface area contributed by atoms with E-state index < -0.39 is 6.10 Å². The lowest BCUT2D eigenvalue weighted by molar-refractivity contribution is 0.0486. The van der Waals surface area contributed by atoms with E-state index in [-0.39, 0.29) is 0 Å². The van der Waals surface area contributed by atoms with Crippen LogP contribution in [0.3, 0.4) is 0 Å². The topological polar surface area (TPSA) is 59.1 Å². The van der Waals surface area contributed by atoms with Gasteiger partial charge in [0.15, 0.2) is 0 Å². The molecule has 0 spiro atoms. The normalized spacial score (nSPS) is 18.4. The predicted molar refractivity (Wildman–Crippen MR) is 88.8 cm³/mol. The highest BCUT2D eigenvalue weighted by atomic mass is 16.3. The van der Waals surface area contributed by atoms with Gasteiger partial charge in [-0.05, 0) is 44.3 Å². The zero-order valence-corrected chi connectivity index (χ0v) is 14.3. The van der Waals surface area contributed by atoms with Gasteiger partial charge in [-0.2, -0.15) is 5.10 Å². The number of piperidine rings is 1. The number of imidazole rings is 1. The molecule has 0 amide bonds. The molecule has 1 unspecified atom stereocenters. The first-order chi connectivity index (χ1) is 11.1. The molecule has 1 fully saturated rings. The van der Waals surface area contributed by atoms with Crippen LogP contribution in [0, 0.1) is 5.92 Å². The third-order valence-corrected chi connectivity index (χ3v) is 4.98. The van der Waals surface area contributed by atoms with Crippen LogP contribution in [-0.2, 0) is 27.1 Å². The van der Waals surface area contributed by atoms with E-state index in [1.807, 2.05) is 29.5 Å². The molecule has 6 nitrogen and oxygen atoms in total. The highest BCUT2D eigenvalue weighted by Gasteiger charge is 2.28. The first kappa shape index (κ1) is 16.2. The van der Waals surface area contributed by atoms with E-state index in [9.17, 15) is 5.11 Å². The summed E-state index contributed by atoms with van der Waals surface area (Å²) < 4.78 is 3.91. The standard InChI is InChI=1S/C17H27N5O/c1-4-14-11-15(21(3)19-14)12-22-8-5-13(6-9-22)16(23)17-18-7-10-20(17)2/h7,10-11,13,16,23H,4-6,8-9,12H2,1-3H3. The Bertz CT molecular complexity index is 639. The minimum atomic E-state index is -0.458. The number of hydrogen-bond acceptors (Lipinski definition) is 4. The number of nitrogens with zero attached hydrogens (tertiary/aromatic N) is 5. The summed E-state index contributed by atoms with van der Waals surface area (Å²) in [7, 11) is 3.96. The maximum atomic E-state index is 10.6. The lowest BCUT2D eigenvalue weighted by Crippen LogP contribution is -2.36. The van der Waals surface area contributed by atoms with Gasteiger partial charge in [-0.15, -0.1) is 0 Å². The summed E-state index contributed by atoms with van der Waals surface area (Å²) in [5.74, 6) is 1.08. The van der Waals surface area contributed by atoms with E-state index in [1.54, 1.807) is 6.20 Å². The fraction of sp³-hybridized carbons (Fsp3) is 0.647. The van der Waals surface area contributed by atoms with Gasteiger partial charge in [0.05, 0.1) is 11.4 Å². The van der Waals surface area contributed by atoms with Gasteiger partial charge < -0.3 is 9.67 Å². The molecule has 0 aliphatic carbocycles. The van der Waals surface area contributed by atoms with E-state index in [0.717, 1.165) is 50.4 Å². The van der Waals surface area contributed by atoms with Gasteiger partial charge in [-0.25, -0.2) is 4.98 Å². The van der Waals surface area contributed by atoms with Crippen molar-refractivity contribution in [1.29, 1.82) is 0 Å². The molecule has 3 heterocycles. The molecule has 2 aromatic heterocycles. The summed E-state index contributed by atoms with van der Waals surface area (Å²) >= 11 is 0. The SMILES string of the molecule is CCc1cc(CN2CCC(C(O)c3nccn3C)CC2)n(C)n1. The Morgan fingerprint density at radius 3 is 2.61 bits per heavy atom. The van der Waals surface area contributed by atoms with Crippen molar-refractivity contribution in [3.63, 3.8) is 0 Å². The first-order valence-corrected chi connectivity index (χ1v) is 8.48. The highest BCUT2D eigenvalue weighted by Crippen LogP contribution is 2.30. The van der Waals surface area contributed by atoms with Crippen molar-refractivity contribution in [2.75, 3.05) is 13.1 Å². The van der Waals surface area contributed by atoms with Crippen LogP contribution in [0.1, 0.15) is 43.1 Å². The molecule has 126 valence electrons. The van der Waals surface area contributed by atoms with Crippen LogP contribution in [0.2, 0.25) is 0 Å². The Morgan fingerprint density at radius 1 is 1.30 bits per heavy atom. The molecule has 1 atom stereocenters. The number of aryl methyl sites for hydroxylation is 3. The van der Waals surface area contributed by atoms with Crippen molar-refractivity contribution >= 4 is 0 Å². The zero-order chi connectivity index (χ0) is 16.4. The van der Waals surface area contributed by atoms with Crippen LogP contribution in [0.15, 0.2) is 18.5 Å². The maximum absolute atomic E-state index is 10.6. The van der Waals surface area contributed by atoms with E-state index >= 15 is 0 Å². The first-order valence-electron chi connectivity index (χ1n) is 8.48. The Hall–Kier alpha value is -1.66. The minimum Gasteiger partial charge on any atom is -0.385 e. The van der Waals surface area contributed by atoms with Crippen molar-refractivity contribution in [1.82, 2.24) is 24.2 Å². The molecule has 0 radical (unpaired) electrons. The van der Waals surface area contributed by atoms with Crippen LogP contribution < -0.4 is 0 Å². The smallest absolute Gasteiger partial charge is 0.137 e. The summed E-state index contributed by atoms with van der Waals surface area (Å²) in [6.07, 6.45) is 6.17. The number of likely N-dealkylation sites (tertiary alicyclic amines) is 1. The number of aromatic nitrogens is 4. The van der Waals surface area contributed by atoms with Gasteiger partial charge in [-0.1, -0.05) is 6.92 Å². The summed E-state index contributed by atoms with van der Waals surface area (Å²) in [5.41, 5.74) is 2.42. The molecule has 1 aliphatic rings. The Morgan fingerprint density at radius 2 is 2.04 bits per heavy atom.